The summed E-state index contributed by atoms with van der Waals surface area (Å²) in [7, 11) is 0. The second-order valence-corrected chi connectivity index (χ2v) is 7.76. The Morgan fingerprint density at radius 1 is 1.17 bits per heavy atom. The third-order valence-electron chi connectivity index (χ3n) is 4.10. The van der Waals surface area contributed by atoms with Crippen LogP contribution in [0.25, 0.3) is 5.57 Å². The van der Waals surface area contributed by atoms with Gasteiger partial charge in [0.1, 0.15) is 11.9 Å². The fourth-order valence-corrected chi connectivity index (χ4v) is 2.51. The van der Waals surface area contributed by atoms with Crippen LogP contribution in [0.15, 0.2) is 5.83 Å². The minimum atomic E-state index is -4.62. The summed E-state index contributed by atoms with van der Waals surface area (Å²) in [6.07, 6.45) is -9.09. The van der Waals surface area contributed by atoms with Crippen molar-refractivity contribution in [2.45, 2.75) is 76.8 Å². The molecule has 1 unspecified atom stereocenters. The maximum absolute atomic E-state index is 14.4. The van der Waals surface area contributed by atoms with Crippen LogP contribution in [-0.2, 0) is 4.84 Å². The molecule has 0 fully saturated rings. The molecule has 0 radical (unpaired) electrons. The third-order valence-corrected chi connectivity index (χ3v) is 4.10. The van der Waals surface area contributed by atoms with E-state index < -0.39 is 65.9 Å². The first-order valence-corrected chi connectivity index (χ1v) is 9.12. The zero-order valence-corrected chi connectivity index (χ0v) is 16.7. The number of anilines is 2. The number of aromatic nitrogens is 3. The van der Waals surface area contributed by atoms with E-state index in [1.165, 1.54) is 6.92 Å². The number of nitrogens with one attached hydrogen (secondary N) is 2. The summed E-state index contributed by atoms with van der Waals surface area (Å²) >= 11 is 0. The van der Waals surface area contributed by atoms with E-state index in [4.69, 9.17) is 4.84 Å². The van der Waals surface area contributed by atoms with Crippen LogP contribution in [-0.4, -0.2) is 49.9 Å². The number of alkyl halides is 5. The lowest BCUT2D eigenvalue weighted by molar-refractivity contribution is -0.143. The largest absolute Gasteiger partial charge is 0.408 e. The van der Waals surface area contributed by atoms with Crippen LogP contribution in [0, 0.1) is 0 Å². The maximum atomic E-state index is 14.4. The van der Waals surface area contributed by atoms with Gasteiger partial charge in [0, 0.05) is 12.0 Å². The van der Waals surface area contributed by atoms with E-state index in [1.54, 1.807) is 20.8 Å². The van der Waals surface area contributed by atoms with Crippen LogP contribution in [0.3, 0.4) is 0 Å². The zero-order chi connectivity index (χ0) is 22.9. The first kappa shape index (κ1) is 24.1. The highest BCUT2D eigenvalue weighted by atomic mass is 19.4. The van der Waals surface area contributed by atoms with Gasteiger partial charge in [0.05, 0.1) is 5.60 Å². The molecule has 170 valence electrons. The second-order valence-electron chi connectivity index (χ2n) is 7.76. The molecule has 1 heterocycles. The van der Waals surface area contributed by atoms with E-state index in [2.05, 4.69) is 25.7 Å². The number of aliphatic hydroxyl groups is 1. The fourth-order valence-electron chi connectivity index (χ4n) is 2.51. The van der Waals surface area contributed by atoms with Crippen molar-refractivity contribution in [1.82, 2.24) is 15.0 Å². The molecule has 13 heteroatoms. The molecule has 7 nitrogen and oxygen atoms in total. The third kappa shape index (κ3) is 5.94. The highest BCUT2D eigenvalue weighted by Gasteiger charge is 2.46. The molecule has 2 rings (SSSR count). The van der Waals surface area contributed by atoms with Crippen LogP contribution < -0.4 is 10.8 Å². The summed E-state index contributed by atoms with van der Waals surface area (Å²) in [4.78, 5) is 16.6. The summed E-state index contributed by atoms with van der Waals surface area (Å²) in [5.74, 6) is -6.63. The van der Waals surface area contributed by atoms with Crippen molar-refractivity contribution in [2.75, 3.05) is 10.8 Å². The Bertz CT molecular complexity index is 794. The average molecular weight is 443 g/mol. The van der Waals surface area contributed by atoms with Crippen molar-refractivity contribution < 1.29 is 36.3 Å². The molecule has 30 heavy (non-hydrogen) atoms. The number of allylic oxidation sites excluding steroid dienone is 1. The number of nitrogens with zero attached hydrogens (tertiary/aromatic N) is 3. The quantitative estimate of drug-likeness (QED) is 0.448. The first-order chi connectivity index (χ1) is 13.6. The van der Waals surface area contributed by atoms with Crippen molar-refractivity contribution in [3.63, 3.8) is 0 Å². The van der Waals surface area contributed by atoms with Gasteiger partial charge in [-0.25, -0.2) is 18.7 Å². The summed E-state index contributed by atoms with van der Waals surface area (Å²) in [6, 6.07) is -2.01. The highest BCUT2D eigenvalue weighted by Crippen LogP contribution is 2.41. The van der Waals surface area contributed by atoms with Gasteiger partial charge >= 0.3 is 6.18 Å². The molecule has 0 spiro atoms. The van der Waals surface area contributed by atoms with Crippen molar-refractivity contribution in [2.24, 2.45) is 0 Å². The lowest BCUT2D eigenvalue weighted by Gasteiger charge is -2.28. The molecule has 2 atom stereocenters. The Morgan fingerprint density at radius 3 is 2.30 bits per heavy atom. The smallest absolute Gasteiger partial charge is 0.380 e. The Labute approximate surface area is 168 Å². The SMILES string of the molecule is CC[C@@H](Nc1nc(NOC(C)(C)C)nc(C2=C(F)C(O)C(F)(F)CC2)n1)C(F)(F)F. The van der Waals surface area contributed by atoms with Gasteiger partial charge in [0.2, 0.25) is 5.95 Å². The van der Waals surface area contributed by atoms with Gasteiger partial charge in [-0.15, -0.1) is 0 Å². The summed E-state index contributed by atoms with van der Waals surface area (Å²) < 4.78 is 80.8. The summed E-state index contributed by atoms with van der Waals surface area (Å²) in [6.45, 7) is 6.29. The number of rotatable bonds is 6. The molecule has 1 aliphatic carbocycles. The van der Waals surface area contributed by atoms with Gasteiger partial charge in [-0.3, -0.25) is 4.84 Å². The van der Waals surface area contributed by atoms with Gasteiger partial charge in [0.15, 0.2) is 11.9 Å². The van der Waals surface area contributed by atoms with Gasteiger partial charge in [-0.2, -0.15) is 28.1 Å². The number of hydrogen-bond acceptors (Lipinski definition) is 7. The molecule has 1 aromatic heterocycles. The molecule has 0 saturated carbocycles. The van der Waals surface area contributed by atoms with Crippen LogP contribution >= 0.6 is 0 Å². The predicted octanol–water partition coefficient (Wildman–Crippen LogP) is 4.24. The summed E-state index contributed by atoms with van der Waals surface area (Å²) in [5.41, 5.74) is 1.15. The topological polar surface area (TPSA) is 92.2 Å². The van der Waals surface area contributed by atoms with Crippen LogP contribution in [0.5, 0.6) is 0 Å². The molecule has 0 aliphatic heterocycles. The number of halogens is 6. The zero-order valence-electron chi connectivity index (χ0n) is 16.7. The van der Waals surface area contributed by atoms with Crippen molar-refractivity contribution in [3.8, 4) is 0 Å². The first-order valence-electron chi connectivity index (χ1n) is 9.12. The van der Waals surface area contributed by atoms with E-state index in [9.17, 15) is 31.4 Å². The highest BCUT2D eigenvalue weighted by molar-refractivity contribution is 5.65. The molecule has 3 N–H and O–H groups in total. The Morgan fingerprint density at radius 2 is 1.77 bits per heavy atom. The minimum Gasteiger partial charge on any atom is -0.380 e. The van der Waals surface area contributed by atoms with Crippen molar-refractivity contribution in [1.29, 1.82) is 0 Å². The monoisotopic (exact) mass is 443 g/mol. The summed E-state index contributed by atoms with van der Waals surface area (Å²) in [5, 5.41) is 11.6. The molecular weight excluding hydrogens is 420 g/mol. The van der Waals surface area contributed by atoms with Crippen LogP contribution in [0.4, 0.5) is 38.2 Å². The van der Waals surface area contributed by atoms with E-state index in [1.807, 2.05) is 0 Å². The molecule has 0 aromatic carbocycles. The molecule has 0 bridgehead atoms. The maximum Gasteiger partial charge on any atom is 0.408 e. The normalized spacial score (nSPS) is 20.8. The van der Waals surface area contributed by atoms with Crippen molar-refractivity contribution in [3.05, 3.63) is 11.7 Å². The second kappa shape index (κ2) is 8.53. The predicted molar refractivity (Wildman–Crippen MR) is 96.3 cm³/mol. The van der Waals surface area contributed by atoms with Gasteiger partial charge < -0.3 is 10.4 Å². The Hall–Kier alpha value is -2.15. The van der Waals surface area contributed by atoms with E-state index >= 15 is 0 Å². The fraction of sp³-hybridized carbons (Fsp3) is 0.706. The van der Waals surface area contributed by atoms with E-state index in [0.29, 0.717) is 0 Å². The van der Waals surface area contributed by atoms with E-state index in [-0.39, 0.29) is 12.4 Å². The lowest BCUT2D eigenvalue weighted by Crippen LogP contribution is -2.38. The van der Waals surface area contributed by atoms with Gasteiger partial charge in [-0.1, -0.05) is 6.92 Å². The van der Waals surface area contributed by atoms with Gasteiger partial charge in [0.25, 0.3) is 11.9 Å². The standard InChI is InChI=1S/C17H23F6N5O2/c1-5-9(17(21,22)23)24-13-25-12(26-14(27-13)28-30-15(2,3)4)8-6-7-16(19,20)11(29)10(8)18/h9,11,29H,5-7H2,1-4H3,(H2,24,25,26,27,28)/t9-,11?/m1/s1. The molecule has 0 amide bonds. The minimum absolute atomic E-state index is 0.353. The lowest BCUT2D eigenvalue weighted by atomic mass is 9.92. The molecule has 1 aliphatic rings. The molecular formula is C17H23F6N5O2. The van der Waals surface area contributed by atoms with Crippen LogP contribution in [0.2, 0.25) is 0 Å². The number of aliphatic hydroxyl groups excluding tert-OH is 1. The average Bonchev–Trinajstić information content (AvgIpc) is 2.61. The van der Waals surface area contributed by atoms with Gasteiger partial charge in [-0.05, 0) is 33.6 Å². The van der Waals surface area contributed by atoms with E-state index in [0.717, 1.165) is 0 Å². The Balaban J connectivity index is 2.47. The van der Waals surface area contributed by atoms with Crippen LogP contribution in [0.1, 0.15) is 52.8 Å². The number of hydrogen-bond donors (Lipinski definition) is 3. The Kier molecular flexibility index (Phi) is 6.86. The van der Waals surface area contributed by atoms with Crippen molar-refractivity contribution >= 4 is 17.5 Å². The molecule has 1 aromatic rings. The molecule has 0 saturated heterocycles.